The summed E-state index contributed by atoms with van der Waals surface area (Å²) < 4.78 is 10.2. The zero-order valence-electron chi connectivity index (χ0n) is 21.6. The number of rotatable bonds is 5. The molecular weight excluding hydrogens is 532 g/mol. The molecule has 5 N–H and O–H groups in total. The number of phenols is 4. The van der Waals surface area contributed by atoms with E-state index in [1.54, 1.807) is 6.08 Å². The Morgan fingerprint density at radius 3 is 2.17 bits per heavy atom. The summed E-state index contributed by atoms with van der Waals surface area (Å²) in [5.74, 6) is -3.43. The number of ether oxygens (including phenoxy) is 1. The number of benzene rings is 3. The molecule has 0 amide bonds. The van der Waals surface area contributed by atoms with Gasteiger partial charge in [0.25, 0.3) is 0 Å². The van der Waals surface area contributed by atoms with Crippen molar-refractivity contribution in [1.82, 2.24) is 0 Å². The first-order valence-corrected chi connectivity index (χ1v) is 12.0. The fourth-order valence-corrected chi connectivity index (χ4v) is 4.20. The lowest BCUT2D eigenvalue weighted by molar-refractivity contribution is -0.117. The maximum Gasteiger partial charge on any atom is 0.238 e. The van der Waals surface area contributed by atoms with Crippen LogP contribution in [0.4, 0.5) is 0 Å². The van der Waals surface area contributed by atoms with E-state index in [0.29, 0.717) is 5.57 Å². The van der Waals surface area contributed by atoms with Crippen LogP contribution in [0.2, 0.25) is 0 Å². The van der Waals surface area contributed by atoms with Crippen LogP contribution in [0.3, 0.4) is 0 Å². The molecule has 1 unspecified atom stereocenters. The van der Waals surface area contributed by atoms with Crippen molar-refractivity contribution in [3.63, 3.8) is 0 Å². The Balaban J connectivity index is 0.000000191. The lowest BCUT2D eigenvalue weighted by Crippen LogP contribution is -2.18. The van der Waals surface area contributed by atoms with Gasteiger partial charge in [-0.25, -0.2) is 0 Å². The van der Waals surface area contributed by atoms with Crippen LogP contribution in [0.5, 0.6) is 28.7 Å². The van der Waals surface area contributed by atoms with Gasteiger partial charge >= 0.3 is 0 Å². The van der Waals surface area contributed by atoms with Crippen LogP contribution in [-0.2, 0) is 14.3 Å². The van der Waals surface area contributed by atoms with Gasteiger partial charge in [0.1, 0.15) is 22.5 Å². The molecule has 1 heterocycles. The highest BCUT2D eigenvalue weighted by atomic mass is 16.5. The quantitative estimate of drug-likeness (QED) is 0.133. The van der Waals surface area contributed by atoms with Gasteiger partial charge in [0.2, 0.25) is 17.0 Å². The molecule has 41 heavy (non-hydrogen) atoms. The van der Waals surface area contributed by atoms with E-state index in [0.717, 1.165) is 29.8 Å². The van der Waals surface area contributed by atoms with Crippen LogP contribution in [0, 0.1) is 0 Å². The molecule has 1 aromatic heterocycles. The van der Waals surface area contributed by atoms with Crippen LogP contribution in [-0.4, -0.2) is 44.2 Å². The zero-order valence-corrected chi connectivity index (χ0v) is 21.6. The number of fused-ring (bicyclic) bond motifs is 1. The molecule has 0 fully saturated rings. The van der Waals surface area contributed by atoms with Gasteiger partial charge in [-0.1, -0.05) is 36.4 Å². The maximum atomic E-state index is 12.1. The van der Waals surface area contributed by atoms with E-state index in [9.17, 15) is 39.9 Å². The van der Waals surface area contributed by atoms with Crippen LogP contribution in [0.15, 0.2) is 106 Å². The van der Waals surface area contributed by atoms with Crippen LogP contribution in [0.25, 0.3) is 22.3 Å². The van der Waals surface area contributed by atoms with Gasteiger partial charge in [0.15, 0.2) is 28.8 Å². The second-order valence-electron chi connectivity index (χ2n) is 8.82. The summed E-state index contributed by atoms with van der Waals surface area (Å²) in [6.07, 6.45) is 4.23. The summed E-state index contributed by atoms with van der Waals surface area (Å²) in [6, 6.07) is 15.1. The van der Waals surface area contributed by atoms with Gasteiger partial charge in [-0.05, 0) is 29.8 Å². The first-order chi connectivity index (χ1) is 19.5. The molecule has 0 aliphatic heterocycles. The second kappa shape index (κ2) is 11.5. The van der Waals surface area contributed by atoms with Crippen molar-refractivity contribution in [2.45, 2.75) is 5.92 Å². The molecule has 0 spiro atoms. The summed E-state index contributed by atoms with van der Waals surface area (Å²) in [5, 5.41) is 47.6. The van der Waals surface area contributed by atoms with Gasteiger partial charge in [-0.2, -0.15) is 0 Å². The minimum absolute atomic E-state index is 0.0737. The van der Waals surface area contributed by atoms with E-state index in [-0.39, 0.29) is 57.0 Å². The van der Waals surface area contributed by atoms with Crippen LogP contribution >= 0.6 is 0 Å². The van der Waals surface area contributed by atoms with E-state index in [1.165, 1.54) is 25.3 Å². The topological polar surface area (TPSA) is 175 Å². The summed E-state index contributed by atoms with van der Waals surface area (Å²) in [4.78, 5) is 36.0. The highest BCUT2D eigenvalue weighted by Gasteiger charge is 2.26. The molecular formula is C31H24O10. The van der Waals surface area contributed by atoms with Crippen molar-refractivity contribution >= 4 is 22.5 Å². The smallest absolute Gasteiger partial charge is 0.238 e. The van der Waals surface area contributed by atoms with E-state index in [1.807, 2.05) is 30.3 Å². The summed E-state index contributed by atoms with van der Waals surface area (Å²) in [6.45, 7) is 3.75. The lowest BCUT2D eigenvalue weighted by atomic mass is 9.85. The van der Waals surface area contributed by atoms with Crippen molar-refractivity contribution in [1.29, 1.82) is 0 Å². The Labute approximate surface area is 232 Å². The Bertz CT molecular complexity index is 1800. The maximum absolute atomic E-state index is 12.1. The molecule has 10 nitrogen and oxygen atoms in total. The Hall–Kier alpha value is -5.77. The number of ketones is 2. The summed E-state index contributed by atoms with van der Waals surface area (Å²) >= 11 is 0. The molecule has 4 aromatic rings. The first kappa shape index (κ1) is 28.2. The number of carbonyl (C=O) groups excluding carboxylic acids is 2. The predicted molar refractivity (Wildman–Crippen MR) is 149 cm³/mol. The number of hydrogen-bond donors (Lipinski definition) is 5. The van der Waals surface area contributed by atoms with Gasteiger partial charge < -0.3 is 34.7 Å². The minimum Gasteiger partial charge on any atom is -0.508 e. The van der Waals surface area contributed by atoms with Crippen molar-refractivity contribution in [2.75, 3.05) is 7.11 Å². The molecule has 1 aliphatic rings. The molecule has 208 valence electrons. The number of aromatic hydroxyl groups is 5. The number of carbonyl (C=O) groups is 2. The molecule has 0 radical (unpaired) electrons. The third kappa shape index (κ3) is 5.66. The molecule has 1 aliphatic carbocycles. The van der Waals surface area contributed by atoms with Crippen molar-refractivity contribution in [2.24, 2.45) is 0 Å². The normalized spacial score (nSPS) is 13.5. The van der Waals surface area contributed by atoms with Gasteiger partial charge in [-0.15, -0.1) is 6.58 Å². The molecule has 10 heteroatoms. The second-order valence-corrected chi connectivity index (χ2v) is 8.82. The summed E-state index contributed by atoms with van der Waals surface area (Å²) in [5.41, 5.74) is 0.463. The standard InChI is InChI=1S/C16H14O3.C15H10O7/c1-3-12(11-7-5-4-6-8-11)13-9-15(18)16(19-2)10-14(13)17;16-7-4-10(19)12-11(5-7)22-15(14(21)13(12)20)6-1-2-8(17)9(18)3-6/h3-10,12H,1H2,2H3;1-5,16-19,21H. The number of hydrogen-bond acceptors (Lipinski definition) is 10. The molecule has 0 saturated carbocycles. The average molecular weight is 557 g/mol. The third-order valence-corrected chi connectivity index (χ3v) is 6.20. The zero-order chi connectivity index (χ0) is 29.8. The monoisotopic (exact) mass is 556 g/mol. The minimum atomic E-state index is -0.888. The highest BCUT2D eigenvalue weighted by molar-refractivity contribution is 6.19. The fraction of sp³-hybridized carbons (Fsp3) is 0.0645. The van der Waals surface area contributed by atoms with Gasteiger partial charge in [0, 0.05) is 35.3 Å². The SMILES string of the molecule is C=CC(C1=CC(=O)C(OC)=CC1=O)c1ccccc1.O=c1c(O)c(-c2ccc(O)c(O)c2)oc2cc(O)cc(O)c12. The molecule has 5 rings (SSSR count). The van der Waals surface area contributed by atoms with E-state index in [2.05, 4.69) is 6.58 Å². The lowest BCUT2D eigenvalue weighted by Gasteiger charge is -2.18. The van der Waals surface area contributed by atoms with Gasteiger partial charge in [-0.3, -0.25) is 14.4 Å². The number of methoxy groups -OCH3 is 1. The van der Waals surface area contributed by atoms with Crippen LogP contribution < -0.4 is 5.43 Å². The number of phenolic OH excluding ortho intramolecular Hbond substituents is 4. The fourth-order valence-electron chi connectivity index (χ4n) is 4.20. The van der Waals surface area contributed by atoms with Crippen molar-refractivity contribution in [3.05, 3.63) is 113 Å². The first-order valence-electron chi connectivity index (χ1n) is 12.0. The molecule has 1 atom stereocenters. The largest absolute Gasteiger partial charge is 0.508 e. The molecule has 0 bridgehead atoms. The third-order valence-electron chi connectivity index (χ3n) is 6.20. The van der Waals surface area contributed by atoms with Crippen molar-refractivity contribution in [3.8, 4) is 40.1 Å². The van der Waals surface area contributed by atoms with E-state index >= 15 is 0 Å². The Morgan fingerprint density at radius 2 is 1.54 bits per heavy atom. The van der Waals surface area contributed by atoms with E-state index < -0.39 is 22.7 Å². The Morgan fingerprint density at radius 1 is 0.829 bits per heavy atom. The number of allylic oxidation sites excluding steroid dienone is 4. The Kier molecular flexibility index (Phi) is 7.95. The van der Waals surface area contributed by atoms with E-state index in [4.69, 9.17) is 9.15 Å². The van der Waals surface area contributed by atoms with Crippen molar-refractivity contribution < 1.29 is 44.3 Å². The molecule has 3 aromatic carbocycles. The van der Waals surface area contributed by atoms with Gasteiger partial charge in [0.05, 0.1) is 7.11 Å². The summed E-state index contributed by atoms with van der Waals surface area (Å²) in [7, 11) is 1.37. The predicted octanol–water partition coefficient (Wildman–Crippen LogP) is 4.55. The molecule has 0 saturated heterocycles. The highest BCUT2D eigenvalue weighted by Crippen LogP contribution is 2.37. The van der Waals surface area contributed by atoms with Crippen LogP contribution in [0.1, 0.15) is 11.5 Å². The average Bonchev–Trinajstić information content (AvgIpc) is 2.95.